The fourth-order valence-electron chi connectivity index (χ4n) is 3.01. The number of nitro benzene ring substituents is 1. The van der Waals surface area contributed by atoms with Crippen molar-refractivity contribution in [1.29, 1.82) is 0 Å². The first kappa shape index (κ1) is 19.3. The van der Waals surface area contributed by atoms with Crippen LogP contribution < -0.4 is 9.64 Å². The molecular formula is C18H17Cl2N3O4. The first-order valence-electron chi connectivity index (χ1n) is 8.22. The van der Waals surface area contributed by atoms with E-state index in [0.29, 0.717) is 53.2 Å². The van der Waals surface area contributed by atoms with Gasteiger partial charge >= 0.3 is 0 Å². The van der Waals surface area contributed by atoms with E-state index in [0.717, 1.165) is 0 Å². The van der Waals surface area contributed by atoms with E-state index in [-0.39, 0.29) is 11.6 Å². The lowest BCUT2D eigenvalue weighted by atomic mass is 10.1. The minimum Gasteiger partial charge on any atom is -0.496 e. The molecule has 0 spiro atoms. The molecule has 7 nitrogen and oxygen atoms in total. The van der Waals surface area contributed by atoms with Crippen LogP contribution in [0.1, 0.15) is 10.4 Å². The van der Waals surface area contributed by atoms with Gasteiger partial charge in [-0.1, -0.05) is 23.2 Å². The van der Waals surface area contributed by atoms with Crippen LogP contribution in [0.25, 0.3) is 0 Å². The molecule has 2 aromatic carbocycles. The van der Waals surface area contributed by atoms with Crippen molar-refractivity contribution in [3.8, 4) is 5.75 Å². The lowest BCUT2D eigenvalue weighted by Gasteiger charge is -2.36. The van der Waals surface area contributed by atoms with Crippen LogP contribution in [0.5, 0.6) is 5.75 Å². The van der Waals surface area contributed by atoms with Crippen LogP contribution in [0.3, 0.4) is 0 Å². The molecule has 0 N–H and O–H groups in total. The standard InChI is InChI=1S/C18H17Cl2N3O4/c1-27-13-3-5-16(17(11-13)23(25)26)21-6-8-22(9-7-21)18(24)12-2-4-14(19)15(20)10-12/h2-5,10-11H,6-9H2,1H3. The first-order chi connectivity index (χ1) is 12.9. The van der Waals surface area contributed by atoms with Gasteiger partial charge in [-0.2, -0.15) is 0 Å². The Balaban J connectivity index is 1.73. The van der Waals surface area contributed by atoms with Gasteiger partial charge in [-0.15, -0.1) is 0 Å². The fraction of sp³-hybridized carbons (Fsp3) is 0.278. The number of methoxy groups -OCH3 is 1. The van der Waals surface area contributed by atoms with Gasteiger partial charge in [0.2, 0.25) is 0 Å². The molecule has 0 unspecified atom stereocenters. The van der Waals surface area contributed by atoms with Crippen molar-refractivity contribution in [2.24, 2.45) is 0 Å². The average molecular weight is 410 g/mol. The summed E-state index contributed by atoms with van der Waals surface area (Å²) in [5, 5.41) is 12.1. The Morgan fingerprint density at radius 1 is 1.07 bits per heavy atom. The largest absolute Gasteiger partial charge is 0.496 e. The number of benzene rings is 2. The topological polar surface area (TPSA) is 75.9 Å². The van der Waals surface area contributed by atoms with Gasteiger partial charge in [0.25, 0.3) is 11.6 Å². The summed E-state index contributed by atoms with van der Waals surface area (Å²) >= 11 is 11.9. The van der Waals surface area contributed by atoms with Gasteiger partial charge < -0.3 is 14.5 Å². The van der Waals surface area contributed by atoms with Crippen molar-refractivity contribution >= 4 is 40.5 Å². The quantitative estimate of drug-likeness (QED) is 0.565. The highest BCUT2D eigenvalue weighted by Crippen LogP contribution is 2.33. The first-order valence-corrected chi connectivity index (χ1v) is 8.98. The van der Waals surface area contributed by atoms with Crippen LogP contribution in [0.2, 0.25) is 10.0 Å². The molecule has 3 rings (SSSR count). The molecule has 142 valence electrons. The van der Waals surface area contributed by atoms with Crippen molar-refractivity contribution < 1.29 is 14.5 Å². The lowest BCUT2D eigenvalue weighted by Crippen LogP contribution is -2.49. The van der Waals surface area contributed by atoms with Gasteiger partial charge in [0.15, 0.2) is 0 Å². The maximum atomic E-state index is 12.6. The number of carbonyl (C=O) groups excluding carboxylic acids is 1. The summed E-state index contributed by atoms with van der Waals surface area (Å²) in [6.45, 7) is 1.87. The summed E-state index contributed by atoms with van der Waals surface area (Å²) in [6.07, 6.45) is 0. The number of piperazine rings is 1. The maximum absolute atomic E-state index is 12.6. The van der Waals surface area contributed by atoms with Crippen LogP contribution >= 0.6 is 23.2 Å². The monoisotopic (exact) mass is 409 g/mol. The number of rotatable bonds is 4. The molecule has 0 bridgehead atoms. The predicted molar refractivity (Wildman–Crippen MR) is 104 cm³/mol. The molecule has 1 amide bonds. The van der Waals surface area contributed by atoms with E-state index in [9.17, 15) is 14.9 Å². The molecule has 0 radical (unpaired) electrons. The second-order valence-electron chi connectivity index (χ2n) is 6.02. The second-order valence-corrected chi connectivity index (χ2v) is 6.83. The van der Waals surface area contributed by atoms with Crippen LogP contribution in [0.4, 0.5) is 11.4 Å². The Hall–Kier alpha value is -2.51. The van der Waals surface area contributed by atoms with Crippen molar-refractivity contribution in [2.75, 3.05) is 38.2 Å². The van der Waals surface area contributed by atoms with E-state index in [4.69, 9.17) is 27.9 Å². The lowest BCUT2D eigenvalue weighted by molar-refractivity contribution is -0.384. The minimum atomic E-state index is -0.426. The number of carbonyl (C=O) groups is 1. The zero-order chi connectivity index (χ0) is 19.6. The Morgan fingerprint density at radius 3 is 2.37 bits per heavy atom. The summed E-state index contributed by atoms with van der Waals surface area (Å²) < 4.78 is 5.07. The van der Waals surface area contributed by atoms with Gasteiger partial charge in [0.1, 0.15) is 11.4 Å². The zero-order valence-corrected chi connectivity index (χ0v) is 16.0. The third-order valence-electron chi connectivity index (χ3n) is 4.45. The van der Waals surface area contributed by atoms with E-state index < -0.39 is 4.92 Å². The summed E-state index contributed by atoms with van der Waals surface area (Å²) in [4.78, 5) is 27.2. The molecule has 0 aromatic heterocycles. The third kappa shape index (κ3) is 4.09. The molecule has 1 fully saturated rings. The van der Waals surface area contributed by atoms with E-state index >= 15 is 0 Å². The van der Waals surface area contributed by atoms with Crippen molar-refractivity contribution in [2.45, 2.75) is 0 Å². The zero-order valence-electron chi connectivity index (χ0n) is 14.5. The molecule has 0 atom stereocenters. The molecule has 0 saturated carbocycles. The molecule has 0 aliphatic carbocycles. The van der Waals surface area contributed by atoms with Crippen LogP contribution in [-0.2, 0) is 0 Å². The van der Waals surface area contributed by atoms with E-state index in [1.54, 1.807) is 35.2 Å². The van der Waals surface area contributed by atoms with E-state index in [1.807, 2.05) is 4.90 Å². The van der Waals surface area contributed by atoms with Gasteiger partial charge in [0, 0.05) is 31.7 Å². The molecule has 2 aromatic rings. The number of hydrogen-bond acceptors (Lipinski definition) is 5. The van der Waals surface area contributed by atoms with Gasteiger partial charge in [-0.05, 0) is 30.3 Å². The molecule has 9 heteroatoms. The molecule has 1 aliphatic rings. The predicted octanol–water partition coefficient (Wildman–Crippen LogP) is 3.87. The second kappa shape index (κ2) is 8.02. The smallest absolute Gasteiger partial charge is 0.296 e. The Kier molecular flexibility index (Phi) is 5.72. The van der Waals surface area contributed by atoms with Gasteiger partial charge in [0.05, 0.1) is 28.1 Å². The third-order valence-corrected chi connectivity index (χ3v) is 5.19. The summed E-state index contributed by atoms with van der Waals surface area (Å²) in [5.41, 5.74) is 0.967. The highest BCUT2D eigenvalue weighted by atomic mass is 35.5. The fourth-order valence-corrected chi connectivity index (χ4v) is 3.30. The maximum Gasteiger partial charge on any atom is 0.296 e. The van der Waals surface area contributed by atoms with Crippen LogP contribution in [0.15, 0.2) is 36.4 Å². The number of nitro groups is 1. The Morgan fingerprint density at radius 2 is 1.78 bits per heavy atom. The molecule has 27 heavy (non-hydrogen) atoms. The summed E-state index contributed by atoms with van der Waals surface area (Å²) in [6, 6.07) is 9.55. The normalized spacial score (nSPS) is 14.2. The van der Waals surface area contributed by atoms with Crippen LogP contribution in [0, 0.1) is 10.1 Å². The summed E-state index contributed by atoms with van der Waals surface area (Å²) in [7, 11) is 1.46. The molecular weight excluding hydrogens is 393 g/mol. The van der Waals surface area contributed by atoms with Gasteiger partial charge in [-0.3, -0.25) is 14.9 Å². The highest BCUT2D eigenvalue weighted by molar-refractivity contribution is 6.42. The van der Waals surface area contributed by atoms with Gasteiger partial charge in [-0.25, -0.2) is 0 Å². The Labute approximate surface area is 166 Å². The number of ether oxygens (including phenoxy) is 1. The van der Waals surface area contributed by atoms with Crippen molar-refractivity contribution in [1.82, 2.24) is 4.90 Å². The average Bonchev–Trinajstić information content (AvgIpc) is 2.69. The minimum absolute atomic E-state index is 0.0152. The number of amides is 1. The number of halogens is 2. The van der Waals surface area contributed by atoms with E-state index in [1.165, 1.54) is 13.2 Å². The van der Waals surface area contributed by atoms with E-state index in [2.05, 4.69) is 0 Å². The molecule has 1 aliphatic heterocycles. The van der Waals surface area contributed by atoms with Crippen molar-refractivity contribution in [3.63, 3.8) is 0 Å². The number of anilines is 1. The number of nitrogens with zero attached hydrogens (tertiary/aromatic N) is 3. The number of hydrogen-bond donors (Lipinski definition) is 0. The van der Waals surface area contributed by atoms with Crippen LogP contribution in [-0.4, -0.2) is 49.0 Å². The van der Waals surface area contributed by atoms with Crippen molar-refractivity contribution in [3.05, 3.63) is 62.1 Å². The summed E-state index contributed by atoms with van der Waals surface area (Å²) in [5.74, 6) is 0.288. The SMILES string of the molecule is COc1ccc(N2CCN(C(=O)c3ccc(Cl)c(Cl)c3)CC2)c([N+](=O)[O-])c1. The highest BCUT2D eigenvalue weighted by Gasteiger charge is 2.27. The molecule has 1 saturated heterocycles. The Bertz CT molecular complexity index is 883. The molecule has 1 heterocycles.